The predicted octanol–water partition coefficient (Wildman–Crippen LogP) is 1.36. The maximum atomic E-state index is 11.9. The molecular weight excluding hydrogens is 382 g/mol. The van der Waals surface area contributed by atoms with E-state index in [0.29, 0.717) is 5.75 Å². The normalized spacial score (nSPS) is 10.3. The Kier molecular flexibility index (Phi) is 7.92. The summed E-state index contributed by atoms with van der Waals surface area (Å²) in [5.41, 5.74) is 4.68. The molecule has 3 N–H and O–H groups in total. The van der Waals surface area contributed by atoms with E-state index >= 15 is 0 Å². The highest BCUT2D eigenvalue weighted by Crippen LogP contribution is 2.24. The fourth-order valence-corrected chi connectivity index (χ4v) is 2.30. The molecule has 2 amide bonds. The summed E-state index contributed by atoms with van der Waals surface area (Å²) in [5.74, 6) is -1.21. The molecule has 146 valence electrons. The van der Waals surface area contributed by atoms with Crippen LogP contribution in [0.3, 0.4) is 0 Å². The molecule has 0 saturated carbocycles. The van der Waals surface area contributed by atoms with Gasteiger partial charge in [0.15, 0.2) is 11.7 Å². The zero-order chi connectivity index (χ0) is 20.4. The van der Waals surface area contributed by atoms with Gasteiger partial charge in [-0.05, 0) is 30.6 Å². The molecule has 0 bridgehead atoms. The minimum Gasteiger partial charge on any atom is -0.483 e. The van der Waals surface area contributed by atoms with Crippen molar-refractivity contribution in [1.82, 2.24) is 16.2 Å². The van der Waals surface area contributed by atoms with Gasteiger partial charge in [0.25, 0.3) is 5.91 Å². The number of carbonyl (C=O) groups is 3. The number of fused-ring (bicyclic) bond motifs is 1. The van der Waals surface area contributed by atoms with E-state index in [0.717, 1.165) is 22.9 Å². The summed E-state index contributed by atoms with van der Waals surface area (Å²) >= 11 is 4.87. The molecule has 0 saturated heterocycles. The SMILES string of the molecule is CCOC(=O)C=CC(=O)NC(=S)NNC(=O)COc1cccc2ccccc12. The number of benzene rings is 2. The van der Waals surface area contributed by atoms with Gasteiger partial charge in [-0.1, -0.05) is 36.4 Å². The summed E-state index contributed by atoms with van der Waals surface area (Å²) in [4.78, 5) is 34.6. The van der Waals surface area contributed by atoms with Crippen LogP contribution in [-0.2, 0) is 19.1 Å². The van der Waals surface area contributed by atoms with Crippen molar-refractivity contribution in [3.05, 3.63) is 54.6 Å². The smallest absolute Gasteiger partial charge is 0.330 e. The molecule has 2 aromatic carbocycles. The lowest BCUT2D eigenvalue weighted by Gasteiger charge is -2.11. The summed E-state index contributed by atoms with van der Waals surface area (Å²) in [5, 5.41) is 4.01. The molecule has 0 radical (unpaired) electrons. The Morgan fingerprint density at radius 1 is 1.04 bits per heavy atom. The molecule has 0 unspecified atom stereocenters. The van der Waals surface area contributed by atoms with Gasteiger partial charge in [0.05, 0.1) is 6.61 Å². The molecule has 0 aliphatic carbocycles. The summed E-state index contributed by atoms with van der Waals surface area (Å²) in [6, 6.07) is 13.2. The highest BCUT2D eigenvalue weighted by molar-refractivity contribution is 7.80. The van der Waals surface area contributed by atoms with Gasteiger partial charge in [-0.25, -0.2) is 4.79 Å². The lowest BCUT2D eigenvalue weighted by Crippen LogP contribution is -2.49. The van der Waals surface area contributed by atoms with Crippen LogP contribution in [0.1, 0.15) is 6.92 Å². The first-order valence-electron chi connectivity index (χ1n) is 8.34. The van der Waals surface area contributed by atoms with Crippen molar-refractivity contribution >= 4 is 45.9 Å². The van der Waals surface area contributed by atoms with E-state index in [1.165, 1.54) is 0 Å². The van der Waals surface area contributed by atoms with E-state index in [-0.39, 0.29) is 18.3 Å². The lowest BCUT2D eigenvalue weighted by molar-refractivity contribution is -0.137. The van der Waals surface area contributed by atoms with Gasteiger partial charge in [-0.2, -0.15) is 0 Å². The second-order valence-corrected chi connectivity index (χ2v) is 5.75. The standard InChI is InChI=1S/C19H19N3O5S/c1-2-26-18(25)11-10-16(23)20-19(28)22-21-17(24)12-27-15-9-5-7-13-6-3-4-8-14(13)15/h3-11H,2,12H2,1H3,(H,21,24)(H2,20,22,23,28). The number of carbonyl (C=O) groups excluding carboxylic acids is 3. The van der Waals surface area contributed by atoms with Crippen LogP contribution in [0.15, 0.2) is 54.6 Å². The van der Waals surface area contributed by atoms with Gasteiger partial charge >= 0.3 is 5.97 Å². The molecule has 0 aliphatic heterocycles. The van der Waals surface area contributed by atoms with E-state index in [1.54, 1.807) is 13.0 Å². The first-order valence-corrected chi connectivity index (χ1v) is 8.75. The molecule has 0 fully saturated rings. The number of hydrogen-bond donors (Lipinski definition) is 3. The highest BCUT2D eigenvalue weighted by atomic mass is 32.1. The summed E-state index contributed by atoms with van der Waals surface area (Å²) in [6.45, 7) is 1.61. The van der Waals surface area contributed by atoms with Crippen molar-refractivity contribution in [2.24, 2.45) is 0 Å². The molecule has 0 aliphatic rings. The molecule has 0 spiro atoms. The number of esters is 1. The quantitative estimate of drug-likeness (QED) is 0.290. The summed E-state index contributed by atoms with van der Waals surface area (Å²) < 4.78 is 10.2. The third-order valence-corrected chi connectivity index (χ3v) is 3.52. The number of thiocarbonyl (C=S) groups is 1. The van der Waals surface area contributed by atoms with Crippen molar-refractivity contribution < 1.29 is 23.9 Å². The van der Waals surface area contributed by atoms with Crippen LogP contribution in [0.5, 0.6) is 5.75 Å². The Morgan fingerprint density at radius 2 is 1.79 bits per heavy atom. The van der Waals surface area contributed by atoms with Crippen molar-refractivity contribution in [1.29, 1.82) is 0 Å². The third-order valence-electron chi connectivity index (χ3n) is 3.32. The summed E-state index contributed by atoms with van der Waals surface area (Å²) in [6.07, 6.45) is 1.94. The average Bonchev–Trinajstić information content (AvgIpc) is 2.69. The third kappa shape index (κ3) is 6.69. The Labute approximate surface area is 166 Å². The van der Waals surface area contributed by atoms with Gasteiger partial charge in [0.2, 0.25) is 5.91 Å². The zero-order valence-corrected chi connectivity index (χ0v) is 15.9. The number of nitrogens with one attached hydrogen (secondary N) is 3. The van der Waals surface area contributed by atoms with Gasteiger partial charge in [0.1, 0.15) is 5.75 Å². The van der Waals surface area contributed by atoms with Crippen LogP contribution >= 0.6 is 12.2 Å². The minimum atomic E-state index is -0.646. The highest BCUT2D eigenvalue weighted by Gasteiger charge is 2.07. The Balaban J connectivity index is 1.75. The van der Waals surface area contributed by atoms with Crippen molar-refractivity contribution in [3.63, 3.8) is 0 Å². The summed E-state index contributed by atoms with van der Waals surface area (Å²) in [7, 11) is 0. The second-order valence-electron chi connectivity index (χ2n) is 5.34. The maximum absolute atomic E-state index is 11.9. The van der Waals surface area contributed by atoms with Crippen molar-refractivity contribution in [2.75, 3.05) is 13.2 Å². The van der Waals surface area contributed by atoms with E-state index in [1.807, 2.05) is 36.4 Å². The first-order chi connectivity index (χ1) is 13.5. The Bertz CT molecular complexity index is 908. The molecule has 0 heterocycles. The van der Waals surface area contributed by atoms with Crippen molar-refractivity contribution in [3.8, 4) is 5.75 Å². The van der Waals surface area contributed by atoms with Crippen LogP contribution in [-0.4, -0.2) is 36.1 Å². The largest absolute Gasteiger partial charge is 0.483 e. The Hall–Kier alpha value is -3.46. The van der Waals surface area contributed by atoms with E-state index in [4.69, 9.17) is 17.0 Å². The molecule has 0 aromatic heterocycles. The molecule has 2 aromatic rings. The average molecular weight is 401 g/mol. The lowest BCUT2D eigenvalue weighted by atomic mass is 10.1. The molecule has 0 atom stereocenters. The maximum Gasteiger partial charge on any atom is 0.330 e. The number of amides is 2. The van der Waals surface area contributed by atoms with Crippen LogP contribution in [0.4, 0.5) is 0 Å². The molecular formula is C19H19N3O5S. The fraction of sp³-hybridized carbons (Fsp3) is 0.158. The van der Waals surface area contributed by atoms with Gasteiger partial charge in [0, 0.05) is 17.5 Å². The predicted molar refractivity (Wildman–Crippen MR) is 107 cm³/mol. The van der Waals surface area contributed by atoms with Crippen LogP contribution in [0.25, 0.3) is 10.8 Å². The van der Waals surface area contributed by atoms with Gasteiger partial charge < -0.3 is 9.47 Å². The minimum absolute atomic E-state index is 0.142. The number of rotatable bonds is 6. The number of hydrazine groups is 1. The van der Waals surface area contributed by atoms with E-state index in [2.05, 4.69) is 20.9 Å². The van der Waals surface area contributed by atoms with Crippen LogP contribution in [0.2, 0.25) is 0 Å². The van der Waals surface area contributed by atoms with Gasteiger partial charge in [-0.15, -0.1) is 0 Å². The monoisotopic (exact) mass is 401 g/mol. The Morgan fingerprint density at radius 3 is 2.57 bits per heavy atom. The van der Waals surface area contributed by atoms with Crippen LogP contribution < -0.4 is 20.9 Å². The van der Waals surface area contributed by atoms with Gasteiger partial charge in [-0.3, -0.25) is 25.8 Å². The van der Waals surface area contributed by atoms with Crippen LogP contribution in [0, 0.1) is 0 Å². The molecule has 2 rings (SSSR count). The van der Waals surface area contributed by atoms with Crippen molar-refractivity contribution in [2.45, 2.75) is 6.92 Å². The van der Waals surface area contributed by atoms with E-state index < -0.39 is 17.8 Å². The molecule has 8 nitrogen and oxygen atoms in total. The first kappa shape index (κ1) is 20.8. The number of ether oxygens (including phenoxy) is 2. The molecule has 9 heteroatoms. The topological polar surface area (TPSA) is 106 Å². The fourth-order valence-electron chi connectivity index (χ4n) is 2.15. The molecule has 28 heavy (non-hydrogen) atoms. The number of hydrogen-bond acceptors (Lipinski definition) is 6. The van der Waals surface area contributed by atoms with E-state index in [9.17, 15) is 14.4 Å². The zero-order valence-electron chi connectivity index (χ0n) is 15.1. The second kappa shape index (κ2) is 10.6.